The van der Waals surface area contributed by atoms with E-state index in [1.54, 1.807) is 0 Å². The molecule has 1 aromatic carbocycles. The van der Waals surface area contributed by atoms with E-state index in [-0.39, 0.29) is 22.3 Å². The van der Waals surface area contributed by atoms with Gasteiger partial charge in [-0.3, -0.25) is 9.36 Å². The van der Waals surface area contributed by atoms with Crippen molar-refractivity contribution in [2.24, 2.45) is 0 Å². The van der Waals surface area contributed by atoms with Gasteiger partial charge in [-0.2, -0.15) is 13.2 Å². The Bertz CT molecular complexity index is 718. The van der Waals surface area contributed by atoms with Crippen LogP contribution in [0, 0.1) is 0 Å². The van der Waals surface area contributed by atoms with Crippen LogP contribution >= 0.6 is 23.2 Å². The zero-order chi connectivity index (χ0) is 15.8. The summed E-state index contributed by atoms with van der Waals surface area (Å²) in [5.41, 5.74) is -1.23. The predicted molar refractivity (Wildman–Crippen MR) is 73.0 cm³/mol. The van der Waals surface area contributed by atoms with Crippen LogP contribution in [0.15, 0.2) is 35.3 Å². The fourth-order valence-corrected chi connectivity index (χ4v) is 2.43. The summed E-state index contributed by atoms with van der Waals surface area (Å²) in [4.78, 5) is 11.9. The predicted octanol–water partition coefficient (Wildman–Crippen LogP) is 3.66. The number of aliphatic hydroxyl groups excluding tert-OH is 1. The third-order valence-electron chi connectivity index (χ3n) is 2.75. The van der Waals surface area contributed by atoms with Gasteiger partial charge in [0.05, 0.1) is 27.9 Å². The first-order valence-corrected chi connectivity index (χ1v) is 6.38. The Morgan fingerprint density at radius 2 is 1.71 bits per heavy atom. The maximum absolute atomic E-state index is 12.6. The molecule has 0 radical (unpaired) electrons. The molecule has 1 aromatic heterocycles. The number of hydrogen-bond acceptors (Lipinski definition) is 2. The first-order chi connectivity index (χ1) is 9.74. The first-order valence-electron chi connectivity index (χ1n) is 5.63. The van der Waals surface area contributed by atoms with Gasteiger partial charge in [-0.25, -0.2) is 0 Å². The van der Waals surface area contributed by atoms with Gasteiger partial charge < -0.3 is 5.11 Å². The van der Waals surface area contributed by atoms with Crippen molar-refractivity contribution in [2.75, 3.05) is 0 Å². The second-order valence-electron chi connectivity index (χ2n) is 4.19. The second-order valence-corrected chi connectivity index (χ2v) is 5.00. The van der Waals surface area contributed by atoms with Gasteiger partial charge in [0, 0.05) is 12.3 Å². The van der Waals surface area contributed by atoms with Crippen LogP contribution in [0.3, 0.4) is 0 Å². The van der Waals surface area contributed by atoms with Crippen LogP contribution in [0.1, 0.15) is 11.1 Å². The molecule has 3 nitrogen and oxygen atoms in total. The molecule has 112 valence electrons. The zero-order valence-electron chi connectivity index (χ0n) is 10.3. The van der Waals surface area contributed by atoms with Gasteiger partial charge >= 0.3 is 6.18 Å². The fourth-order valence-electron chi connectivity index (χ4n) is 1.76. The van der Waals surface area contributed by atoms with E-state index in [4.69, 9.17) is 28.3 Å². The van der Waals surface area contributed by atoms with E-state index in [2.05, 4.69) is 0 Å². The molecule has 0 fully saturated rings. The minimum Gasteiger partial charge on any atom is -0.392 e. The van der Waals surface area contributed by atoms with Gasteiger partial charge in [0.2, 0.25) is 0 Å². The Morgan fingerprint density at radius 3 is 2.14 bits per heavy atom. The van der Waals surface area contributed by atoms with E-state index < -0.39 is 17.3 Å². The lowest BCUT2D eigenvalue weighted by molar-refractivity contribution is -0.137. The van der Waals surface area contributed by atoms with Gasteiger partial charge in [-0.15, -0.1) is 0 Å². The summed E-state index contributed by atoms with van der Waals surface area (Å²) in [5, 5.41) is 8.34. The van der Waals surface area contributed by atoms with Crippen molar-refractivity contribution in [1.29, 1.82) is 0 Å². The average molecular weight is 338 g/mol. The molecule has 1 heterocycles. The molecule has 0 saturated heterocycles. The van der Waals surface area contributed by atoms with E-state index in [1.807, 2.05) is 0 Å². The molecule has 0 aliphatic carbocycles. The largest absolute Gasteiger partial charge is 0.416 e. The molecule has 2 rings (SSSR count). The van der Waals surface area contributed by atoms with Crippen LogP contribution in [-0.4, -0.2) is 9.67 Å². The van der Waals surface area contributed by atoms with Gasteiger partial charge in [-0.1, -0.05) is 23.2 Å². The van der Waals surface area contributed by atoms with Crippen LogP contribution in [0.25, 0.3) is 5.69 Å². The van der Waals surface area contributed by atoms with E-state index >= 15 is 0 Å². The lowest BCUT2D eigenvalue weighted by Gasteiger charge is -2.14. The molecule has 0 spiro atoms. The Morgan fingerprint density at radius 1 is 1.14 bits per heavy atom. The second kappa shape index (κ2) is 5.71. The average Bonchev–Trinajstić information content (AvgIpc) is 2.38. The normalized spacial score (nSPS) is 11.7. The highest BCUT2D eigenvalue weighted by Crippen LogP contribution is 2.37. The molecule has 0 unspecified atom stereocenters. The van der Waals surface area contributed by atoms with Gasteiger partial charge in [0.1, 0.15) is 0 Å². The smallest absolute Gasteiger partial charge is 0.392 e. The van der Waals surface area contributed by atoms with Crippen molar-refractivity contribution in [3.05, 3.63) is 62.0 Å². The third kappa shape index (κ3) is 3.23. The summed E-state index contributed by atoms with van der Waals surface area (Å²) in [6, 6.07) is 3.99. The number of aromatic nitrogens is 1. The molecular weight excluding hydrogens is 330 g/mol. The monoisotopic (exact) mass is 337 g/mol. The molecule has 2 aromatic rings. The quantitative estimate of drug-likeness (QED) is 0.908. The van der Waals surface area contributed by atoms with Crippen LogP contribution in [0.4, 0.5) is 13.2 Å². The fraction of sp³-hybridized carbons (Fsp3) is 0.154. The van der Waals surface area contributed by atoms with Gasteiger partial charge in [0.15, 0.2) is 0 Å². The number of hydrogen-bond donors (Lipinski definition) is 1. The molecule has 0 aliphatic rings. The zero-order valence-corrected chi connectivity index (χ0v) is 11.8. The number of benzene rings is 1. The Balaban J connectivity index is 2.63. The minimum atomic E-state index is -4.59. The molecule has 0 aliphatic heterocycles. The van der Waals surface area contributed by atoms with Crippen molar-refractivity contribution < 1.29 is 18.3 Å². The molecule has 8 heteroatoms. The van der Waals surface area contributed by atoms with Crippen molar-refractivity contribution in [3.8, 4) is 5.69 Å². The van der Waals surface area contributed by atoms with Crippen molar-refractivity contribution in [1.82, 2.24) is 4.57 Å². The van der Waals surface area contributed by atoms with Crippen molar-refractivity contribution in [2.45, 2.75) is 12.8 Å². The Hall–Kier alpha value is -1.50. The third-order valence-corrected chi connectivity index (χ3v) is 3.33. The summed E-state index contributed by atoms with van der Waals surface area (Å²) < 4.78 is 39.0. The summed E-state index contributed by atoms with van der Waals surface area (Å²) in [6.45, 7) is -0.329. The van der Waals surface area contributed by atoms with E-state index in [0.29, 0.717) is 17.7 Å². The first kappa shape index (κ1) is 15.9. The van der Waals surface area contributed by atoms with Crippen LogP contribution in [0.2, 0.25) is 10.0 Å². The topological polar surface area (TPSA) is 42.2 Å². The summed E-state index contributed by atoms with van der Waals surface area (Å²) in [6.07, 6.45) is -3.30. The summed E-state index contributed by atoms with van der Waals surface area (Å²) >= 11 is 11.7. The van der Waals surface area contributed by atoms with E-state index in [0.717, 1.165) is 10.6 Å². The van der Waals surface area contributed by atoms with Crippen LogP contribution < -0.4 is 5.56 Å². The van der Waals surface area contributed by atoms with E-state index in [9.17, 15) is 18.0 Å². The van der Waals surface area contributed by atoms with E-state index in [1.165, 1.54) is 12.3 Å². The van der Waals surface area contributed by atoms with Crippen LogP contribution in [0.5, 0.6) is 0 Å². The molecule has 0 amide bonds. The highest BCUT2D eigenvalue weighted by atomic mass is 35.5. The molecule has 0 saturated carbocycles. The highest BCUT2D eigenvalue weighted by molar-refractivity contribution is 6.37. The van der Waals surface area contributed by atoms with Gasteiger partial charge in [0.25, 0.3) is 5.56 Å². The number of rotatable bonds is 2. The summed E-state index contributed by atoms with van der Waals surface area (Å²) in [5.74, 6) is 0. The number of halogens is 5. The molecule has 0 atom stereocenters. The number of pyridine rings is 1. The number of nitrogens with zero attached hydrogens (tertiary/aromatic N) is 1. The maximum Gasteiger partial charge on any atom is 0.416 e. The summed E-state index contributed by atoms with van der Waals surface area (Å²) in [7, 11) is 0. The SMILES string of the molecule is O=c1cc(CO)ccn1-c1c(Cl)cc(C(F)(F)F)cc1Cl. The standard InChI is InChI=1S/C13H8Cl2F3NO2/c14-9-4-8(13(16,17)18)5-10(15)12(9)19-2-1-7(6-20)3-11(19)21/h1-5,20H,6H2. The lowest BCUT2D eigenvalue weighted by Crippen LogP contribution is -2.18. The lowest BCUT2D eigenvalue weighted by atomic mass is 10.2. The van der Waals surface area contributed by atoms with Crippen molar-refractivity contribution >= 4 is 23.2 Å². The van der Waals surface area contributed by atoms with Gasteiger partial charge in [-0.05, 0) is 23.8 Å². The Kier molecular flexibility index (Phi) is 4.32. The Labute approximate surface area is 127 Å². The highest BCUT2D eigenvalue weighted by Gasteiger charge is 2.32. The van der Waals surface area contributed by atoms with Crippen molar-refractivity contribution in [3.63, 3.8) is 0 Å². The molecule has 21 heavy (non-hydrogen) atoms. The molecular formula is C13H8Cl2F3NO2. The number of alkyl halides is 3. The minimum absolute atomic E-state index is 0.0409. The molecule has 1 N–H and O–H groups in total. The van der Waals surface area contributed by atoms with Crippen LogP contribution in [-0.2, 0) is 12.8 Å². The number of aliphatic hydroxyl groups is 1. The maximum atomic E-state index is 12.6. The molecule has 0 bridgehead atoms.